The van der Waals surface area contributed by atoms with E-state index in [0.29, 0.717) is 6.42 Å². The molecule has 2 atom stereocenters. The molecule has 100 valence electrons. The van der Waals surface area contributed by atoms with Crippen LogP contribution in [0.15, 0.2) is 22.8 Å². The highest BCUT2D eigenvalue weighted by atomic mass is 16.3. The monoisotopic (exact) mass is 250 g/mol. The molecule has 0 heterocycles. The van der Waals surface area contributed by atoms with Gasteiger partial charge in [0.15, 0.2) is 5.78 Å². The quantitative estimate of drug-likeness (QED) is 0.788. The number of Topliss-reactive ketones (excluding diaryl/α,β-unsaturated/α-hetero) is 1. The summed E-state index contributed by atoms with van der Waals surface area (Å²) in [6, 6.07) is 0. The summed E-state index contributed by atoms with van der Waals surface area (Å²) >= 11 is 0. The highest BCUT2D eigenvalue weighted by Gasteiger charge is 2.37. The summed E-state index contributed by atoms with van der Waals surface area (Å²) in [5.74, 6) is 0.256. The van der Waals surface area contributed by atoms with Crippen LogP contribution in [-0.2, 0) is 4.79 Å². The van der Waals surface area contributed by atoms with E-state index in [0.717, 1.165) is 36.0 Å². The third kappa shape index (κ3) is 2.17. The van der Waals surface area contributed by atoms with Gasteiger partial charge in [0, 0.05) is 18.9 Å². The Morgan fingerprint density at radius 2 is 2.11 bits per heavy atom. The van der Waals surface area contributed by atoms with Gasteiger partial charge in [0.25, 0.3) is 0 Å². The van der Waals surface area contributed by atoms with Gasteiger partial charge in [0.2, 0.25) is 0 Å². The van der Waals surface area contributed by atoms with Gasteiger partial charge >= 0.3 is 0 Å². The zero-order valence-electron chi connectivity index (χ0n) is 11.2. The average Bonchev–Trinajstić information content (AvgIpc) is 2.51. The van der Waals surface area contributed by atoms with Gasteiger partial charge in [-0.05, 0) is 48.3 Å². The van der Waals surface area contributed by atoms with Crippen molar-refractivity contribution in [3.05, 3.63) is 22.8 Å². The number of rotatable bonds is 2. The van der Waals surface area contributed by atoms with Crippen molar-refractivity contribution in [3.63, 3.8) is 0 Å². The van der Waals surface area contributed by atoms with Crippen LogP contribution < -0.4 is 0 Å². The zero-order chi connectivity index (χ0) is 13.3. The summed E-state index contributed by atoms with van der Waals surface area (Å²) in [5.41, 5.74) is 2.82. The number of aliphatic hydroxyl groups is 2. The first-order chi connectivity index (χ1) is 8.51. The third-order valence-electron chi connectivity index (χ3n) is 4.68. The summed E-state index contributed by atoms with van der Waals surface area (Å²) in [7, 11) is 0. The second-order valence-corrected chi connectivity index (χ2v) is 5.82. The number of allylic oxidation sites excluding steroid dienone is 3. The minimum atomic E-state index is -0.0354. The fourth-order valence-corrected chi connectivity index (χ4v) is 3.22. The van der Waals surface area contributed by atoms with Crippen LogP contribution in [0.3, 0.4) is 0 Å². The molecule has 0 aromatic rings. The van der Waals surface area contributed by atoms with Crippen LogP contribution >= 0.6 is 0 Å². The van der Waals surface area contributed by atoms with Crippen molar-refractivity contribution in [1.29, 1.82) is 0 Å². The van der Waals surface area contributed by atoms with Gasteiger partial charge in [-0.3, -0.25) is 4.79 Å². The van der Waals surface area contributed by atoms with Crippen LogP contribution in [0.2, 0.25) is 0 Å². The Labute approximate surface area is 108 Å². The van der Waals surface area contributed by atoms with Crippen LogP contribution in [0, 0.1) is 11.3 Å². The Morgan fingerprint density at radius 1 is 1.39 bits per heavy atom. The minimum absolute atomic E-state index is 0.0301. The van der Waals surface area contributed by atoms with E-state index in [2.05, 4.69) is 6.92 Å². The van der Waals surface area contributed by atoms with Crippen LogP contribution in [0.25, 0.3) is 0 Å². The van der Waals surface area contributed by atoms with Crippen LogP contribution in [0.4, 0.5) is 0 Å². The van der Waals surface area contributed by atoms with E-state index >= 15 is 0 Å². The van der Waals surface area contributed by atoms with Gasteiger partial charge in [-0.2, -0.15) is 0 Å². The standard InChI is InChI=1S/C15H22O3/c1-10-13-7-12(9-17)11(8-16)3-5-15(13,2)6-4-14(10)18/h7,11,16-17H,3-6,8-9H2,1-2H3/t11-,15+/m1/s1. The molecule has 18 heavy (non-hydrogen) atoms. The molecule has 2 rings (SSSR count). The summed E-state index contributed by atoms with van der Waals surface area (Å²) < 4.78 is 0. The molecule has 0 bridgehead atoms. The molecule has 2 N–H and O–H groups in total. The lowest BCUT2D eigenvalue weighted by atomic mass is 9.69. The lowest BCUT2D eigenvalue weighted by molar-refractivity contribution is -0.116. The van der Waals surface area contributed by atoms with Crippen molar-refractivity contribution in [3.8, 4) is 0 Å². The fourth-order valence-electron chi connectivity index (χ4n) is 3.22. The van der Waals surface area contributed by atoms with E-state index in [4.69, 9.17) is 0 Å². The molecule has 2 aliphatic rings. The number of carbonyl (C=O) groups is 1. The van der Waals surface area contributed by atoms with Crippen molar-refractivity contribution in [2.45, 2.75) is 39.5 Å². The van der Waals surface area contributed by atoms with E-state index in [1.165, 1.54) is 0 Å². The number of hydrogen-bond donors (Lipinski definition) is 2. The first kappa shape index (κ1) is 13.5. The largest absolute Gasteiger partial charge is 0.396 e. The van der Waals surface area contributed by atoms with Crippen molar-refractivity contribution < 1.29 is 15.0 Å². The Bertz CT molecular complexity index is 419. The van der Waals surface area contributed by atoms with Gasteiger partial charge in [-0.15, -0.1) is 0 Å². The third-order valence-corrected chi connectivity index (χ3v) is 4.68. The summed E-state index contributed by atoms with van der Waals surface area (Å²) in [6.07, 6.45) is 5.33. The topological polar surface area (TPSA) is 57.5 Å². The van der Waals surface area contributed by atoms with Gasteiger partial charge in [0.05, 0.1) is 6.61 Å². The van der Waals surface area contributed by atoms with Crippen molar-refractivity contribution >= 4 is 5.78 Å². The molecule has 2 aliphatic carbocycles. The number of ketones is 1. The van der Waals surface area contributed by atoms with Crippen molar-refractivity contribution in [1.82, 2.24) is 0 Å². The van der Waals surface area contributed by atoms with E-state index in [-0.39, 0.29) is 30.3 Å². The van der Waals surface area contributed by atoms with Crippen LogP contribution in [0.5, 0.6) is 0 Å². The maximum atomic E-state index is 11.9. The summed E-state index contributed by atoms with van der Waals surface area (Å²) in [5, 5.41) is 18.9. The number of aliphatic hydroxyl groups excluding tert-OH is 2. The molecule has 3 nitrogen and oxygen atoms in total. The Morgan fingerprint density at radius 3 is 2.72 bits per heavy atom. The van der Waals surface area contributed by atoms with E-state index in [1.807, 2.05) is 13.0 Å². The SMILES string of the molecule is CC1=C2C=C(CO)[C@@H](CO)CC[C@@]2(C)CCC1=O. The zero-order valence-corrected chi connectivity index (χ0v) is 11.2. The molecule has 0 radical (unpaired) electrons. The number of fused-ring (bicyclic) bond motifs is 1. The molecule has 0 spiro atoms. The first-order valence-corrected chi connectivity index (χ1v) is 6.68. The van der Waals surface area contributed by atoms with Gasteiger partial charge < -0.3 is 10.2 Å². The maximum absolute atomic E-state index is 11.9. The molecular weight excluding hydrogens is 228 g/mol. The van der Waals surface area contributed by atoms with Crippen molar-refractivity contribution in [2.75, 3.05) is 13.2 Å². The lowest BCUT2D eigenvalue weighted by Crippen LogP contribution is -2.27. The highest BCUT2D eigenvalue weighted by Crippen LogP contribution is 2.47. The van der Waals surface area contributed by atoms with Gasteiger partial charge in [-0.25, -0.2) is 0 Å². The van der Waals surface area contributed by atoms with E-state index in [1.54, 1.807) is 0 Å². The van der Waals surface area contributed by atoms with Crippen molar-refractivity contribution in [2.24, 2.45) is 11.3 Å². The molecule has 3 heteroatoms. The van der Waals surface area contributed by atoms with Gasteiger partial charge in [0.1, 0.15) is 0 Å². The summed E-state index contributed by atoms with van der Waals surface area (Å²) in [4.78, 5) is 11.9. The molecule has 0 saturated heterocycles. The van der Waals surface area contributed by atoms with Crippen LogP contribution in [-0.4, -0.2) is 29.2 Å². The molecule has 0 saturated carbocycles. The first-order valence-electron chi connectivity index (χ1n) is 6.68. The molecular formula is C15H22O3. The number of hydrogen-bond acceptors (Lipinski definition) is 3. The lowest BCUT2D eigenvalue weighted by Gasteiger charge is -2.35. The second kappa shape index (κ2) is 4.98. The predicted molar refractivity (Wildman–Crippen MR) is 70.0 cm³/mol. The molecule has 0 aromatic heterocycles. The number of carbonyl (C=O) groups excluding carboxylic acids is 1. The highest BCUT2D eigenvalue weighted by molar-refractivity contribution is 5.97. The van der Waals surface area contributed by atoms with E-state index in [9.17, 15) is 15.0 Å². The minimum Gasteiger partial charge on any atom is -0.396 e. The predicted octanol–water partition coefficient (Wildman–Crippen LogP) is 1.99. The molecule has 0 aliphatic heterocycles. The Balaban J connectivity index is 2.50. The van der Waals surface area contributed by atoms with E-state index < -0.39 is 0 Å². The Kier molecular flexibility index (Phi) is 3.74. The average molecular weight is 250 g/mol. The fraction of sp³-hybridized carbons (Fsp3) is 0.667. The second-order valence-electron chi connectivity index (χ2n) is 5.82. The summed E-state index contributed by atoms with van der Waals surface area (Å²) in [6.45, 7) is 4.12. The molecule has 0 amide bonds. The molecule has 0 fully saturated rings. The maximum Gasteiger partial charge on any atom is 0.158 e. The van der Waals surface area contributed by atoms with Gasteiger partial charge in [-0.1, -0.05) is 13.0 Å². The van der Waals surface area contributed by atoms with Crippen LogP contribution in [0.1, 0.15) is 39.5 Å². The normalized spacial score (nSPS) is 33.0. The molecule has 0 unspecified atom stereocenters. The molecule has 0 aromatic carbocycles. The smallest absolute Gasteiger partial charge is 0.158 e. The Hall–Kier alpha value is -0.930.